The van der Waals surface area contributed by atoms with Crippen molar-refractivity contribution in [2.45, 2.75) is 112 Å². The van der Waals surface area contributed by atoms with Crippen LogP contribution in [0.15, 0.2) is 206 Å². The second-order valence-corrected chi connectivity index (χ2v) is 23.3. The van der Waals surface area contributed by atoms with E-state index in [2.05, 4.69) is 52.6 Å². The van der Waals surface area contributed by atoms with Crippen LogP contribution in [0.5, 0.6) is 28.7 Å². The zero-order chi connectivity index (χ0) is 69.0. The number of aryl methyl sites for hydroxylation is 2. The van der Waals surface area contributed by atoms with E-state index in [0.29, 0.717) is 53.5 Å². The number of hydrogen-bond acceptors (Lipinski definition) is 16. The second-order valence-electron chi connectivity index (χ2n) is 23.3. The Kier molecular flexibility index (Phi) is 23.1. The summed E-state index contributed by atoms with van der Waals surface area (Å²) in [6.07, 6.45) is 3.33. The Bertz CT molecular complexity index is 4210. The lowest BCUT2D eigenvalue weighted by atomic mass is 9.99. The Morgan fingerprint density at radius 3 is 1.11 bits per heavy atom. The van der Waals surface area contributed by atoms with Crippen molar-refractivity contribution in [1.82, 2.24) is 0 Å². The maximum absolute atomic E-state index is 14.6. The molecule has 9 rings (SSSR count). The fraction of sp³-hybridized carbons (Fsp3) is 0.221. The van der Waals surface area contributed by atoms with Crippen molar-refractivity contribution in [3.63, 3.8) is 0 Å². The summed E-state index contributed by atoms with van der Waals surface area (Å²) in [6, 6.07) is 31.6. The van der Waals surface area contributed by atoms with E-state index in [1.807, 2.05) is 48.5 Å². The summed E-state index contributed by atoms with van der Waals surface area (Å²) in [7, 11) is 0. The van der Waals surface area contributed by atoms with Crippen molar-refractivity contribution in [3.8, 4) is 62.1 Å². The zero-order valence-electron chi connectivity index (χ0n) is 53.9. The number of esters is 8. The zero-order valence-corrected chi connectivity index (χ0v) is 53.9. The molecule has 0 fully saturated rings. The van der Waals surface area contributed by atoms with Crippen LogP contribution in [0.2, 0.25) is 0 Å². The highest BCUT2D eigenvalue weighted by atomic mass is 19.1. The van der Waals surface area contributed by atoms with Crippen LogP contribution in [-0.2, 0) is 78.3 Å². The summed E-state index contributed by atoms with van der Waals surface area (Å²) in [5, 5.41) is 0. The van der Waals surface area contributed by atoms with E-state index in [1.165, 1.54) is 40.7 Å². The maximum atomic E-state index is 14.6. The molecule has 17 heteroatoms. The van der Waals surface area contributed by atoms with Gasteiger partial charge in [-0.05, 0) is 179 Å². The third-order valence-electron chi connectivity index (χ3n) is 14.8. The molecule has 0 aliphatic heterocycles. The molecule has 6 aromatic carbocycles. The fourth-order valence-corrected chi connectivity index (χ4v) is 9.74. The van der Waals surface area contributed by atoms with Crippen LogP contribution in [-0.4, -0.2) is 53.9 Å². The molecule has 3 atom stereocenters. The van der Waals surface area contributed by atoms with Gasteiger partial charge in [0.2, 0.25) is 0 Å². The first-order chi connectivity index (χ1) is 44.4. The van der Waals surface area contributed by atoms with E-state index in [0.717, 1.165) is 68.5 Å². The van der Waals surface area contributed by atoms with Crippen LogP contribution < -0.4 is 23.7 Å². The van der Waals surface area contributed by atoms with Gasteiger partial charge in [0.1, 0.15) is 29.9 Å². The van der Waals surface area contributed by atoms with Crippen LogP contribution in [0.4, 0.5) is 4.39 Å². The van der Waals surface area contributed by atoms with Crippen molar-refractivity contribution in [1.29, 1.82) is 0 Å². The summed E-state index contributed by atoms with van der Waals surface area (Å²) in [5.74, 6) is -4.25. The van der Waals surface area contributed by atoms with Gasteiger partial charge in [-0.2, -0.15) is 0 Å². The molecule has 0 saturated heterocycles. The van der Waals surface area contributed by atoms with E-state index in [-0.39, 0.29) is 74.9 Å². The Balaban J connectivity index is 0.000000200. The van der Waals surface area contributed by atoms with Gasteiger partial charge in [0.15, 0.2) is 23.0 Å². The summed E-state index contributed by atoms with van der Waals surface area (Å²) in [4.78, 5) is 95.4. The van der Waals surface area contributed by atoms with E-state index in [4.69, 9.17) is 37.9 Å². The molecule has 0 N–H and O–H groups in total. The van der Waals surface area contributed by atoms with E-state index in [1.54, 1.807) is 75.4 Å². The molecule has 16 nitrogen and oxygen atoms in total. The molecule has 3 aliphatic carbocycles. The van der Waals surface area contributed by atoms with E-state index >= 15 is 0 Å². The first-order valence-electron chi connectivity index (χ1n) is 29.8. The lowest BCUT2D eigenvalue weighted by molar-refractivity contribution is -0.145. The lowest BCUT2D eigenvalue weighted by Crippen LogP contribution is -2.18. The molecule has 0 amide bonds. The van der Waals surface area contributed by atoms with Crippen LogP contribution >= 0.6 is 0 Å². The minimum Gasteiger partial charge on any atom is -0.458 e. The number of benzene rings is 6. The van der Waals surface area contributed by atoms with Gasteiger partial charge >= 0.3 is 47.8 Å². The second kappa shape index (κ2) is 30.8. The van der Waals surface area contributed by atoms with Crippen LogP contribution in [0.25, 0.3) is 33.4 Å². The van der Waals surface area contributed by atoms with Gasteiger partial charge in [-0.15, -0.1) is 0 Å². The van der Waals surface area contributed by atoms with Gasteiger partial charge in [0.05, 0.1) is 0 Å². The Morgan fingerprint density at radius 2 is 0.681 bits per heavy atom. The Morgan fingerprint density at radius 1 is 0.340 bits per heavy atom. The summed E-state index contributed by atoms with van der Waals surface area (Å²) in [6.45, 7) is 41.2. The first kappa shape index (κ1) is 70.4. The lowest BCUT2D eigenvalue weighted by Gasteiger charge is -2.15. The number of rotatable bonds is 19. The molecule has 0 bridgehead atoms. The average Bonchev–Trinajstić information content (AvgIpc) is 1.52. The minimum atomic E-state index is -0.629. The highest BCUT2D eigenvalue weighted by Crippen LogP contribution is 2.42. The Labute approximate surface area is 546 Å². The monoisotopic (exact) mass is 1270 g/mol. The number of carbonyl (C=O) groups is 8. The number of carbonyl (C=O) groups excluding carboxylic acids is 8. The average molecular weight is 1270 g/mol. The predicted molar refractivity (Wildman–Crippen MR) is 354 cm³/mol. The van der Waals surface area contributed by atoms with Crippen molar-refractivity contribution in [2.24, 2.45) is 0 Å². The highest BCUT2D eigenvalue weighted by Gasteiger charge is 2.30. The minimum absolute atomic E-state index is 0.101. The predicted octanol–water partition coefficient (Wildman–Crippen LogP) is 15.4. The molecular weight excluding hydrogens is 1200 g/mol. The largest absolute Gasteiger partial charge is 0.458 e. The van der Waals surface area contributed by atoms with Crippen molar-refractivity contribution in [2.75, 3.05) is 0 Å². The molecule has 0 saturated carbocycles. The molecule has 6 aromatic rings. The third-order valence-corrected chi connectivity index (χ3v) is 14.8. The van der Waals surface area contributed by atoms with Crippen LogP contribution in [0.1, 0.15) is 114 Å². The van der Waals surface area contributed by atoms with Gasteiger partial charge in [-0.3, -0.25) is 0 Å². The van der Waals surface area contributed by atoms with Crippen LogP contribution in [0.3, 0.4) is 0 Å². The van der Waals surface area contributed by atoms with Gasteiger partial charge in [-0.25, -0.2) is 42.7 Å². The molecular formula is C77H73FO16. The summed E-state index contributed by atoms with van der Waals surface area (Å²) >= 11 is 0. The number of hydrogen-bond donors (Lipinski definition) is 0. The normalized spacial score (nSPS) is 14.3. The third kappa shape index (κ3) is 18.1. The van der Waals surface area contributed by atoms with Gasteiger partial charge in [0.25, 0.3) is 0 Å². The van der Waals surface area contributed by atoms with Gasteiger partial charge in [-0.1, -0.05) is 119 Å². The molecule has 0 radical (unpaired) electrons. The van der Waals surface area contributed by atoms with E-state index < -0.39 is 53.6 Å². The van der Waals surface area contributed by atoms with Crippen molar-refractivity contribution in [3.05, 3.63) is 246 Å². The van der Waals surface area contributed by atoms with E-state index in [9.17, 15) is 42.7 Å². The number of fused-ring (bicyclic) bond motifs is 3. The topological polar surface area (TPSA) is 210 Å². The molecule has 484 valence electrons. The maximum Gasteiger partial charge on any atom is 0.338 e. The molecule has 0 aromatic heterocycles. The quantitative estimate of drug-likeness (QED) is 0.0319. The highest BCUT2D eigenvalue weighted by molar-refractivity contribution is 5.94. The SMILES string of the molecule is C=C(C)C(=O)Oc1ccc(-c2ccc3c(c2)CC(OC(=O)C(=C)C)C3)cc1OC(=O)C(=C)C.C=C(C)C(=O)Oc1ccc(-c2ccc3c(c2)CCC3OC(=O)C(=C)C)c(F)c1.C=C(C)C(=O)Oc1ccc(-c2ccc3c(c2)CCC3OC(=O)C(=C)C)cc1OC(=O)C(=C)C. The Hall–Kier alpha value is -11.1. The smallest absolute Gasteiger partial charge is 0.338 e. The van der Waals surface area contributed by atoms with Crippen molar-refractivity contribution >= 4 is 47.8 Å². The standard InChI is InChI=1S/2C27H26O6.C23H21FO4/c1-15(2)25(28)31-22-11-9-20-13-18(7-10-21(20)22)19-8-12-23(32-26(29)16(3)4)24(14-19)33-27(30)17(5)6;1-15(2)25(28)31-22-12-19-8-7-18(11-21(19)13-22)20-9-10-23(32-26(29)16(3)4)24(14-20)33-27(30)17(5)6;1-13(2)22(25)27-17-7-9-18(20(24)12-17)15-5-8-19-16(11-15)6-10-21(19)28-23(26)14(3)4/h7-8,10,12-14,22H,1,3,5,9,11H2,2,4,6H3;7-11,14,22H,1,3,5,12-13H2,2,4,6H3;5,7-9,11-12,21H,1,3,6,10H2,2,4H3. The number of ether oxygens (including phenoxy) is 8. The summed E-state index contributed by atoms with van der Waals surface area (Å²) < 4.78 is 57.6. The molecule has 94 heavy (non-hydrogen) atoms. The first-order valence-corrected chi connectivity index (χ1v) is 29.8. The van der Waals surface area contributed by atoms with Crippen molar-refractivity contribution < 1.29 is 80.6 Å². The number of halogens is 1. The molecule has 3 unspecified atom stereocenters. The molecule has 0 heterocycles. The molecule has 3 aliphatic rings. The fourth-order valence-electron chi connectivity index (χ4n) is 9.74. The van der Waals surface area contributed by atoms with Gasteiger partial charge < -0.3 is 37.9 Å². The molecule has 0 spiro atoms. The summed E-state index contributed by atoms with van der Waals surface area (Å²) in [5.41, 5.74) is 12.8. The van der Waals surface area contributed by atoms with Crippen LogP contribution in [0, 0.1) is 5.82 Å². The van der Waals surface area contributed by atoms with Gasteiger partial charge in [0, 0.05) is 69.1 Å².